The van der Waals surface area contributed by atoms with Crippen molar-refractivity contribution in [3.63, 3.8) is 0 Å². The van der Waals surface area contributed by atoms with Gasteiger partial charge in [0.05, 0.1) is 5.56 Å². The molecule has 0 fully saturated rings. The second-order valence-corrected chi connectivity index (χ2v) is 2.47. The van der Waals surface area contributed by atoms with E-state index in [2.05, 4.69) is 16.8 Å². The Labute approximate surface area is 81.5 Å². The number of hydrogen-bond acceptors (Lipinski definition) is 3. The van der Waals surface area contributed by atoms with E-state index in [-0.39, 0.29) is 5.56 Å². The third-order valence-corrected chi connectivity index (χ3v) is 1.44. The zero-order valence-electron chi connectivity index (χ0n) is 7.65. The lowest BCUT2D eigenvalue weighted by molar-refractivity contribution is 0.0696. The van der Waals surface area contributed by atoms with Gasteiger partial charge in [-0.15, -0.1) is 0 Å². The molecule has 4 nitrogen and oxygen atoms in total. The van der Waals surface area contributed by atoms with E-state index in [1.54, 1.807) is 0 Å². The van der Waals surface area contributed by atoms with Crippen LogP contribution in [0.25, 0.3) is 0 Å². The Morgan fingerprint density at radius 1 is 1.71 bits per heavy atom. The van der Waals surface area contributed by atoms with Crippen molar-refractivity contribution in [2.24, 2.45) is 0 Å². The zero-order chi connectivity index (χ0) is 10.4. The van der Waals surface area contributed by atoms with Crippen LogP contribution in [0.1, 0.15) is 16.1 Å². The first-order valence-corrected chi connectivity index (χ1v) is 3.91. The van der Waals surface area contributed by atoms with E-state index in [1.807, 2.05) is 0 Å². The quantitative estimate of drug-likeness (QED) is 0.702. The maximum atomic E-state index is 10.6. The Hall–Kier alpha value is -1.86. The van der Waals surface area contributed by atoms with Crippen molar-refractivity contribution in [1.82, 2.24) is 4.98 Å². The van der Waals surface area contributed by atoms with Crippen molar-refractivity contribution in [2.45, 2.75) is 0 Å². The van der Waals surface area contributed by atoms with Crippen molar-refractivity contribution < 1.29 is 14.6 Å². The molecule has 1 rings (SSSR count). The van der Waals surface area contributed by atoms with E-state index in [0.29, 0.717) is 12.3 Å². The van der Waals surface area contributed by atoms with Crippen LogP contribution >= 0.6 is 0 Å². The van der Waals surface area contributed by atoms with Gasteiger partial charge in [-0.2, -0.15) is 0 Å². The molecule has 1 N–H and O–H groups in total. The van der Waals surface area contributed by atoms with Gasteiger partial charge in [-0.3, -0.25) is 0 Å². The number of aromatic carboxylic acids is 1. The summed E-state index contributed by atoms with van der Waals surface area (Å²) in [5.74, 6) is 4.40. The molecule has 72 valence electrons. The summed E-state index contributed by atoms with van der Waals surface area (Å²) in [6.45, 7) is 0.305. The Morgan fingerprint density at radius 3 is 3.14 bits per heavy atom. The predicted octanol–water partition coefficient (Wildman–Crippen LogP) is 0.778. The molecule has 1 aromatic rings. The number of pyridine rings is 1. The van der Waals surface area contributed by atoms with E-state index in [1.165, 1.54) is 25.4 Å². The SMILES string of the molecule is COCC#Cc1cc(C(=O)O)ccn1. The molecule has 0 bridgehead atoms. The lowest BCUT2D eigenvalue weighted by atomic mass is 10.2. The van der Waals surface area contributed by atoms with Gasteiger partial charge in [-0.25, -0.2) is 9.78 Å². The Bertz CT molecular complexity index is 390. The Morgan fingerprint density at radius 2 is 2.50 bits per heavy atom. The van der Waals surface area contributed by atoms with E-state index in [4.69, 9.17) is 9.84 Å². The lowest BCUT2D eigenvalue weighted by Gasteiger charge is -1.93. The van der Waals surface area contributed by atoms with Crippen molar-refractivity contribution in [3.8, 4) is 11.8 Å². The van der Waals surface area contributed by atoms with Gasteiger partial charge in [0.1, 0.15) is 12.3 Å². The minimum atomic E-state index is -0.984. The van der Waals surface area contributed by atoms with Gasteiger partial charge in [-0.05, 0) is 18.1 Å². The monoisotopic (exact) mass is 191 g/mol. The van der Waals surface area contributed by atoms with Crippen LogP contribution in [0.4, 0.5) is 0 Å². The fraction of sp³-hybridized carbons (Fsp3) is 0.200. The molecule has 1 heterocycles. The molecule has 0 saturated heterocycles. The molecule has 0 radical (unpaired) electrons. The van der Waals surface area contributed by atoms with E-state index in [0.717, 1.165) is 0 Å². The molecule has 0 amide bonds. The minimum absolute atomic E-state index is 0.182. The first-order chi connectivity index (χ1) is 6.74. The summed E-state index contributed by atoms with van der Waals surface area (Å²) >= 11 is 0. The van der Waals surface area contributed by atoms with Gasteiger partial charge in [0.15, 0.2) is 0 Å². The number of aromatic nitrogens is 1. The fourth-order valence-electron chi connectivity index (χ4n) is 0.831. The molecular weight excluding hydrogens is 182 g/mol. The maximum absolute atomic E-state index is 10.6. The number of ether oxygens (including phenoxy) is 1. The highest BCUT2D eigenvalue weighted by molar-refractivity contribution is 5.87. The van der Waals surface area contributed by atoms with E-state index >= 15 is 0 Å². The highest BCUT2D eigenvalue weighted by Gasteiger charge is 2.01. The van der Waals surface area contributed by atoms with Crippen LogP contribution in [-0.4, -0.2) is 29.8 Å². The summed E-state index contributed by atoms with van der Waals surface area (Å²) in [6.07, 6.45) is 1.42. The highest BCUT2D eigenvalue weighted by atomic mass is 16.5. The normalized spacial score (nSPS) is 8.93. The van der Waals surface area contributed by atoms with Crippen LogP contribution in [0.2, 0.25) is 0 Å². The molecule has 14 heavy (non-hydrogen) atoms. The highest BCUT2D eigenvalue weighted by Crippen LogP contribution is 2.00. The summed E-state index contributed by atoms with van der Waals surface area (Å²) in [7, 11) is 1.54. The minimum Gasteiger partial charge on any atom is -0.478 e. The van der Waals surface area contributed by atoms with Gasteiger partial charge in [0.25, 0.3) is 0 Å². The smallest absolute Gasteiger partial charge is 0.335 e. The first kappa shape index (κ1) is 10.2. The maximum Gasteiger partial charge on any atom is 0.335 e. The number of rotatable bonds is 2. The molecule has 4 heteroatoms. The molecule has 0 saturated carbocycles. The average Bonchev–Trinajstić information content (AvgIpc) is 2.19. The number of carbonyl (C=O) groups is 1. The molecule has 0 aliphatic heterocycles. The van der Waals surface area contributed by atoms with Gasteiger partial charge in [-0.1, -0.05) is 5.92 Å². The summed E-state index contributed by atoms with van der Waals surface area (Å²) < 4.78 is 4.72. The number of carboxylic acid groups (broad SMARTS) is 1. The van der Waals surface area contributed by atoms with Crippen molar-refractivity contribution in [1.29, 1.82) is 0 Å². The van der Waals surface area contributed by atoms with Gasteiger partial charge in [0.2, 0.25) is 0 Å². The van der Waals surface area contributed by atoms with Crippen LogP contribution in [0, 0.1) is 11.8 Å². The summed E-state index contributed by atoms with van der Waals surface area (Å²) in [5, 5.41) is 8.68. The molecule has 0 aromatic carbocycles. The first-order valence-electron chi connectivity index (χ1n) is 3.91. The van der Waals surface area contributed by atoms with Gasteiger partial charge < -0.3 is 9.84 Å². The topological polar surface area (TPSA) is 59.4 Å². The summed E-state index contributed by atoms with van der Waals surface area (Å²) in [6, 6.07) is 2.84. The summed E-state index contributed by atoms with van der Waals surface area (Å²) in [5.41, 5.74) is 0.615. The van der Waals surface area contributed by atoms with Crippen LogP contribution in [0.15, 0.2) is 18.3 Å². The zero-order valence-corrected chi connectivity index (χ0v) is 7.65. The standard InChI is InChI=1S/C10H9NO3/c1-14-6-2-3-9-7-8(10(12)13)4-5-11-9/h4-5,7H,6H2,1H3,(H,12,13). The molecule has 1 aromatic heterocycles. The Kier molecular flexibility index (Phi) is 3.65. The third-order valence-electron chi connectivity index (χ3n) is 1.44. The molecule has 0 aliphatic carbocycles. The van der Waals surface area contributed by atoms with Crippen molar-refractivity contribution in [2.75, 3.05) is 13.7 Å². The van der Waals surface area contributed by atoms with E-state index < -0.39 is 5.97 Å². The third kappa shape index (κ3) is 2.88. The van der Waals surface area contributed by atoms with Crippen LogP contribution in [0.5, 0.6) is 0 Å². The number of hydrogen-bond donors (Lipinski definition) is 1. The number of carboxylic acids is 1. The summed E-state index contributed by atoms with van der Waals surface area (Å²) in [4.78, 5) is 14.5. The average molecular weight is 191 g/mol. The molecule has 0 unspecified atom stereocenters. The number of methoxy groups -OCH3 is 1. The van der Waals surface area contributed by atoms with Crippen LogP contribution in [0.3, 0.4) is 0 Å². The van der Waals surface area contributed by atoms with Crippen LogP contribution in [-0.2, 0) is 4.74 Å². The predicted molar refractivity (Wildman–Crippen MR) is 50.0 cm³/mol. The molecule has 0 spiro atoms. The Balaban J connectivity index is 2.85. The largest absolute Gasteiger partial charge is 0.478 e. The van der Waals surface area contributed by atoms with Gasteiger partial charge >= 0.3 is 5.97 Å². The second kappa shape index (κ2) is 5.00. The van der Waals surface area contributed by atoms with Crippen molar-refractivity contribution >= 4 is 5.97 Å². The number of nitrogens with zero attached hydrogens (tertiary/aromatic N) is 1. The van der Waals surface area contributed by atoms with E-state index in [9.17, 15) is 4.79 Å². The lowest BCUT2D eigenvalue weighted by Crippen LogP contribution is -1.97. The van der Waals surface area contributed by atoms with Crippen molar-refractivity contribution in [3.05, 3.63) is 29.6 Å². The fourth-order valence-corrected chi connectivity index (χ4v) is 0.831. The van der Waals surface area contributed by atoms with Gasteiger partial charge in [0, 0.05) is 13.3 Å². The molecule has 0 atom stereocenters. The molecular formula is C10H9NO3. The van der Waals surface area contributed by atoms with Crippen LogP contribution < -0.4 is 0 Å². The second-order valence-electron chi connectivity index (χ2n) is 2.47. The molecule has 0 aliphatic rings.